The first kappa shape index (κ1) is 41.9. The van der Waals surface area contributed by atoms with Gasteiger partial charge in [-0.15, -0.1) is 0 Å². The van der Waals surface area contributed by atoms with Crippen molar-refractivity contribution in [3.63, 3.8) is 0 Å². The van der Waals surface area contributed by atoms with Gasteiger partial charge in [-0.2, -0.15) is 0 Å². The maximum atomic E-state index is 13.0. The van der Waals surface area contributed by atoms with Crippen molar-refractivity contribution in [2.75, 3.05) is 52.9 Å². The van der Waals surface area contributed by atoms with E-state index in [9.17, 15) is 9.59 Å². The van der Waals surface area contributed by atoms with Crippen LogP contribution in [0.3, 0.4) is 0 Å². The van der Waals surface area contributed by atoms with Crippen molar-refractivity contribution in [2.45, 2.75) is 131 Å². The summed E-state index contributed by atoms with van der Waals surface area (Å²) >= 11 is 0. The first-order valence-electron chi connectivity index (χ1n) is 17.6. The molecule has 0 saturated heterocycles. The van der Waals surface area contributed by atoms with Gasteiger partial charge in [0, 0.05) is 26.4 Å². The molecule has 1 rings (SSSR count). The molecule has 0 aliphatic rings. The molecule has 0 aliphatic heterocycles. The first-order valence-corrected chi connectivity index (χ1v) is 17.6. The Kier molecular flexibility index (Phi) is 25.5. The monoisotopic (exact) mass is 654 g/mol. The number of hydrogen-bond acceptors (Lipinski definition) is 10. The summed E-state index contributed by atoms with van der Waals surface area (Å²) in [5.74, 6) is -1.25. The molecule has 0 amide bonds. The van der Waals surface area contributed by atoms with Crippen LogP contribution in [0, 0.1) is 0 Å². The van der Waals surface area contributed by atoms with E-state index < -0.39 is 24.5 Å². The molecule has 10 nitrogen and oxygen atoms in total. The minimum absolute atomic E-state index is 0.0292. The lowest BCUT2D eigenvalue weighted by Gasteiger charge is -2.22. The lowest BCUT2D eigenvalue weighted by molar-refractivity contribution is -0.182. The van der Waals surface area contributed by atoms with Crippen molar-refractivity contribution >= 4 is 11.9 Å². The highest BCUT2D eigenvalue weighted by Crippen LogP contribution is 2.15. The van der Waals surface area contributed by atoms with Gasteiger partial charge in [0.2, 0.25) is 0 Å². The van der Waals surface area contributed by atoms with E-state index in [0.717, 1.165) is 25.7 Å². The molecule has 4 atom stereocenters. The van der Waals surface area contributed by atoms with E-state index in [0.29, 0.717) is 39.3 Å². The summed E-state index contributed by atoms with van der Waals surface area (Å²) in [6.07, 6.45) is 8.49. The maximum absolute atomic E-state index is 13.0. The molecular weight excluding hydrogens is 592 g/mol. The van der Waals surface area contributed by atoms with Gasteiger partial charge >= 0.3 is 11.9 Å². The Labute approximate surface area is 278 Å². The van der Waals surface area contributed by atoms with Crippen molar-refractivity contribution < 1.29 is 47.5 Å². The fourth-order valence-electron chi connectivity index (χ4n) is 4.48. The van der Waals surface area contributed by atoms with E-state index in [1.807, 2.05) is 27.7 Å². The van der Waals surface area contributed by atoms with Crippen LogP contribution < -0.4 is 0 Å². The van der Waals surface area contributed by atoms with Crippen molar-refractivity contribution in [1.82, 2.24) is 0 Å². The van der Waals surface area contributed by atoms with E-state index in [1.165, 1.54) is 25.7 Å². The number of ether oxygens (including phenoxy) is 8. The summed E-state index contributed by atoms with van der Waals surface area (Å²) in [5.41, 5.74) is 0.263. The molecule has 0 spiro atoms. The van der Waals surface area contributed by atoms with Crippen LogP contribution in [-0.2, 0) is 37.9 Å². The Morgan fingerprint density at radius 1 is 0.522 bits per heavy atom. The Hall–Kier alpha value is -2.08. The highest BCUT2D eigenvalue weighted by Gasteiger charge is 2.23. The second-order valence-electron chi connectivity index (χ2n) is 11.1. The predicted octanol–water partition coefficient (Wildman–Crippen LogP) is 7.51. The molecule has 0 fully saturated rings. The minimum Gasteiger partial charge on any atom is -0.459 e. The number of esters is 2. The van der Waals surface area contributed by atoms with Crippen LogP contribution in [0.15, 0.2) is 24.3 Å². The van der Waals surface area contributed by atoms with Crippen molar-refractivity contribution in [3.8, 4) is 0 Å². The third kappa shape index (κ3) is 18.9. The zero-order valence-corrected chi connectivity index (χ0v) is 29.4. The van der Waals surface area contributed by atoms with E-state index in [4.69, 9.17) is 37.9 Å². The van der Waals surface area contributed by atoms with Gasteiger partial charge in [0.15, 0.2) is 12.6 Å². The standard InChI is InChI=1S/C36H62O10/c1-7-13-15-19-23-41-33(39-11-5)27-43-29(9-3)25-45-35(37)31-21-17-18-22-32(31)36(38)46-26-30(10-4)44-28-34(40-12-6)42-24-20-16-14-8-2/h17-18,21-22,29-30,33-34H,7-16,19-20,23-28H2,1-6H3. The lowest BCUT2D eigenvalue weighted by atomic mass is 10.1. The Bertz CT molecular complexity index is 824. The molecule has 0 radical (unpaired) electrons. The summed E-state index contributed by atoms with van der Waals surface area (Å²) in [5, 5.41) is 0. The van der Waals surface area contributed by atoms with E-state index in [2.05, 4.69) is 13.8 Å². The fraction of sp³-hybridized carbons (Fsp3) is 0.778. The lowest BCUT2D eigenvalue weighted by Crippen LogP contribution is -2.30. The zero-order valence-electron chi connectivity index (χ0n) is 29.4. The minimum atomic E-state index is -0.623. The molecule has 0 saturated carbocycles. The van der Waals surface area contributed by atoms with Gasteiger partial charge < -0.3 is 37.9 Å². The number of benzene rings is 1. The topological polar surface area (TPSA) is 108 Å². The van der Waals surface area contributed by atoms with Gasteiger partial charge in [-0.25, -0.2) is 9.59 Å². The molecular formula is C36H62O10. The van der Waals surface area contributed by atoms with Crippen LogP contribution in [0.4, 0.5) is 0 Å². The third-order valence-electron chi connectivity index (χ3n) is 7.32. The molecule has 1 aromatic carbocycles. The SMILES string of the molecule is CCCCCCOC(COC(CC)COC(=O)c1ccccc1C(=O)OCC(CC)OCC(OCC)OCCCCCC)OCC. The molecule has 0 bridgehead atoms. The van der Waals surface area contributed by atoms with E-state index >= 15 is 0 Å². The number of carbonyl (C=O) groups excluding carboxylic acids is 2. The average molecular weight is 655 g/mol. The van der Waals surface area contributed by atoms with Crippen LogP contribution in [0.5, 0.6) is 0 Å². The second-order valence-corrected chi connectivity index (χ2v) is 11.1. The molecule has 266 valence electrons. The molecule has 10 heteroatoms. The van der Waals surface area contributed by atoms with Crippen molar-refractivity contribution in [3.05, 3.63) is 35.4 Å². The van der Waals surface area contributed by atoms with Crippen LogP contribution >= 0.6 is 0 Å². The van der Waals surface area contributed by atoms with Gasteiger partial charge in [-0.3, -0.25) is 0 Å². The molecule has 46 heavy (non-hydrogen) atoms. The summed E-state index contributed by atoms with van der Waals surface area (Å²) in [6.45, 7) is 14.8. The zero-order chi connectivity index (χ0) is 33.8. The van der Waals surface area contributed by atoms with Crippen LogP contribution in [0.2, 0.25) is 0 Å². The van der Waals surface area contributed by atoms with Crippen LogP contribution in [0.1, 0.15) is 126 Å². The molecule has 0 aromatic heterocycles. The molecule has 1 aromatic rings. The molecule has 0 N–H and O–H groups in total. The van der Waals surface area contributed by atoms with E-state index in [-0.39, 0.29) is 49.8 Å². The summed E-state index contributed by atoms with van der Waals surface area (Å²) in [4.78, 5) is 26.1. The summed E-state index contributed by atoms with van der Waals surface area (Å²) in [7, 11) is 0. The molecule has 0 aliphatic carbocycles. The Morgan fingerprint density at radius 2 is 0.935 bits per heavy atom. The first-order chi connectivity index (χ1) is 22.4. The average Bonchev–Trinajstić information content (AvgIpc) is 3.07. The summed E-state index contributed by atoms with van der Waals surface area (Å²) in [6, 6.07) is 6.47. The second kappa shape index (κ2) is 28.0. The fourth-order valence-corrected chi connectivity index (χ4v) is 4.48. The van der Waals surface area contributed by atoms with Gasteiger partial charge in [0.25, 0.3) is 0 Å². The third-order valence-corrected chi connectivity index (χ3v) is 7.32. The van der Waals surface area contributed by atoms with Gasteiger partial charge in [0.05, 0.1) is 36.5 Å². The van der Waals surface area contributed by atoms with Crippen molar-refractivity contribution in [2.24, 2.45) is 0 Å². The number of carbonyl (C=O) groups is 2. The molecule has 0 heterocycles. The van der Waals surface area contributed by atoms with Crippen LogP contribution in [-0.4, -0.2) is 89.6 Å². The van der Waals surface area contributed by atoms with Crippen LogP contribution in [0.25, 0.3) is 0 Å². The Balaban J connectivity index is 2.62. The molecule has 4 unspecified atom stereocenters. The number of unbranched alkanes of at least 4 members (excludes halogenated alkanes) is 6. The van der Waals surface area contributed by atoms with Gasteiger partial charge in [-0.05, 0) is 51.7 Å². The Morgan fingerprint density at radius 3 is 1.28 bits per heavy atom. The van der Waals surface area contributed by atoms with Crippen molar-refractivity contribution in [1.29, 1.82) is 0 Å². The van der Waals surface area contributed by atoms with Gasteiger partial charge in [-0.1, -0.05) is 78.4 Å². The normalized spacial score (nSPS) is 14.0. The maximum Gasteiger partial charge on any atom is 0.339 e. The summed E-state index contributed by atoms with van der Waals surface area (Å²) < 4.78 is 46.1. The predicted molar refractivity (Wildman–Crippen MR) is 178 cm³/mol. The number of hydrogen-bond donors (Lipinski definition) is 0. The van der Waals surface area contributed by atoms with Gasteiger partial charge in [0.1, 0.15) is 13.2 Å². The number of rotatable bonds is 30. The smallest absolute Gasteiger partial charge is 0.339 e. The highest BCUT2D eigenvalue weighted by atomic mass is 16.7. The largest absolute Gasteiger partial charge is 0.459 e. The highest BCUT2D eigenvalue weighted by molar-refractivity contribution is 6.03. The van der Waals surface area contributed by atoms with E-state index in [1.54, 1.807) is 24.3 Å². The quantitative estimate of drug-likeness (QED) is 0.0470.